The molecule has 0 saturated carbocycles. The minimum atomic E-state index is 0.314. The first-order valence-corrected chi connectivity index (χ1v) is 7.30. The molecular weight excluding hydrogens is 238 g/mol. The first kappa shape index (κ1) is 13.3. The van der Waals surface area contributed by atoms with Crippen LogP contribution in [-0.2, 0) is 6.42 Å². The molecule has 0 saturated heterocycles. The van der Waals surface area contributed by atoms with Crippen molar-refractivity contribution in [2.24, 2.45) is 0 Å². The van der Waals surface area contributed by atoms with Crippen LogP contribution in [0.1, 0.15) is 39.4 Å². The van der Waals surface area contributed by atoms with Gasteiger partial charge in [0.15, 0.2) is 0 Å². The van der Waals surface area contributed by atoms with E-state index < -0.39 is 0 Å². The predicted octanol–water partition coefficient (Wildman–Crippen LogP) is 4.24. The third kappa shape index (κ3) is 2.65. The zero-order chi connectivity index (χ0) is 13.1. The number of thiophene rings is 1. The molecule has 1 aromatic carbocycles. The molecule has 2 rings (SSSR count). The Hall–Kier alpha value is -1.12. The van der Waals surface area contributed by atoms with Crippen molar-refractivity contribution in [1.29, 1.82) is 0 Å². The molecule has 0 aliphatic carbocycles. The summed E-state index contributed by atoms with van der Waals surface area (Å²) in [7, 11) is 2.04. The van der Waals surface area contributed by atoms with Gasteiger partial charge >= 0.3 is 0 Å². The maximum atomic E-state index is 3.44. The van der Waals surface area contributed by atoms with Gasteiger partial charge in [-0.25, -0.2) is 0 Å². The summed E-state index contributed by atoms with van der Waals surface area (Å²) in [4.78, 5) is 2.82. The van der Waals surface area contributed by atoms with Gasteiger partial charge < -0.3 is 5.32 Å². The second-order valence-electron chi connectivity index (χ2n) is 4.71. The molecule has 0 radical (unpaired) electrons. The highest BCUT2D eigenvalue weighted by molar-refractivity contribution is 7.12. The van der Waals surface area contributed by atoms with Crippen LogP contribution in [0.5, 0.6) is 0 Å². The number of hydrogen-bond donors (Lipinski definition) is 1. The fourth-order valence-electron chi connectivity index (χ4n) is 2.21. The molecule has 0 bridgehead atoms. The number of rotatable bonds is 4. The van der Waals surface area contributed by atoms with E-state index in [1.54, 1.807) is 0 Å². The maximum Gasteiger partial charge on any atom is 0.0668 e. The van der Waals surface area contributed by atoms with Crippen molar-refractivity contribution in [3.05, 3.63) is 56.8 Å². The van der Waals surface area contributed by atoms with E-state index in [9.17, 15) is 0 Å². The molecule has 2 aromatic rings. The number of aryl methyl sites for hydroxylation is 3. The summed E-state index contributed by atoms with van der Waals surface area (Å²) in [5, 5.41) is 3.44. The van der Waals surface area contributed by atoms with E-state index in [4.69, 9.17) is 0 Å². The standard InChI is InChI=1S/C16H21NS/c1-5-13-7-6-8-14(10-13)16(17-4)15-9-11(2)12(3)18-15/h6-10,16-17H,5H2,1-4H3. The molecular formula is C16H21NS. The molecule has 0 aliphatic heterocycles. The second-order valence-corrected chi connectivity index (χ2v) is 6.00. The van der Waals surface area contributed by atoms with Gasteiger partial charge in [0.2, 0.25) is 0 Å². The SMILES string of the molecule is CCc1cccc(C(NC)c2cc(C)c(C)s2)c1. The Kier molecular flexibility index (Phi) is 4.20. The Bertz CT molecular complexity index is 508. The highest BCUT2D eigenvalue weighted by atomic mass is 32.1. The summed E-state index contributed by atoms with van der Waals surface area (Å²) in [6.07, 6.45) is 1.09. The maximum absolute atomic E-state index is 3.44. The molecule has 1 N–H and O–H groups in total. The molecule has 0 spiro atoms. The van der Waals surface area contributed by atoms with Crippen LogP contribution in [0.2, 0.25) is 0 Å². The van der Waals surface area contributed by atoms with E-state index in [-0.39, 0.29) is 0 Å². The summed E-state index contributed by atoms with van der Waals surface area (Å²) in [5.74, 6) is 0. The molecule has 0 amide bonds. The van der Waals surface area contributed by atoms with Gasteiger partial charge in [0, 0.05) is 9.75 Å². The monoisotopic (exact) mass is 259 g/mol. The van der Waals surface area contributed by atoms with Gasteiger partial charge in [0.1, 0.15) is 0 Å². The summed E-state index contributed by atoms with van der Waals surface area (Å²) in [6.45, 7) is 6.58. The average molecular weight is 259 g/mol. The van der Waals surface area contributed by atoms with Gasteiger partial charge in [-0.1, -0.05) is 31.2 Å². The molecule has 96 valence electrons. The van der Waals surface area contributed by atoms with Gasteiger partial charge in [-0.2, -0.15) is 0 Å². The van der Waals surface area contributed by atoms with Crippen LogP contribution in [0.3, 0.4) is 0 Å². The predicted molar refractivity (Wildman–Crippen MR) is 80.5 cm³/mol. The van der Waals surface area contributed by atoms with E-state index in [1.165, 1.54) is 26.4 Å². The zero-order valence-electron chi connectivity index (χ0n) is 11.6. The quantitative estimate of drug-likeness (QED) is 0.866. The van der Waals surface area contributed by atoms with Crippen LogP contribution in [0.25, 0.3) is 0 Å². The summed E-state index contributed by atoms with van der Waals surface area (Å²) in [6, 6.07) is 11.5. The lowest BCUT2D eigenvalue weighted by atomic mass is 10.0. The smallest absolute Gasteiger partial charge is 0.0668 e. The molecule has 2 heteroatoms. The Morgan fingerprint density at radius 2 is 2.00 bits per heavy atom. The number of nitrogens with one attached hydrogen (secondary N) is 1. The number of benzene rings is 1. The van der Waals surface area contributed by atoms with Crippen LogP contribution in [0, 0.1) is 13.8 Å². The van der Waals surface area contributed by atoms with E-state index in [0.29, 0.717) is 6.04 Å². The lowest BCUT2D eigenvalue weighted by Gasteiger charge is -2.16. The molecule has 0 fully saturated rings. The van der Waals surface area contributed by atoms with Gasteiger partial charge in [0.25, 0.3) is 0 Å². The van der Waals surface area contributed by atoms with Crippen molar-refractivity contribution in [2.45, 2.75) is 33.2 Å². The van der Waals surface area contributed by atoms with Crippen molar-refractivity contribution in [2.75, 3.05) is 7.05 Å². The minimum Gasteiger partial charge on any atom is -0.309 e. The topological polar surface area (TPSA) is 12.0 Å². The summed E-state index contributed by atoms with van der Waals surface area (Å²) >= 11 is 1.89. The van der Waals surface area contributed by atoms with Crippen LogP contribution < -0.4 is 5.32 Å². The lowest BCUT2D eigenvalue weighted by Crippen LogP contribution is -2.16. The summed E-state index contributed by atoms with van der Waals surface area (Å²) in [5.41, 5.74) is 4.15. The Morgan fingerprint density at radius 3 is 2.56 bits per heavy atom. The van der Waals surface area contributed by atoms with Crippen molar-refractivity contribution < 1.29 is 0 Å². The van der Waals surface area contributed by atoms with Gasteiger partial charge in [-0.3, -0.25) is 0 Å². The van der Waals surface area contributed by atoms with E-state index >= 15 is 0 Å². The fraction of sp³-hybridized carbons (Fsp3) is 0.375. The van der Waals surface area contributed by atoms with E-state index in [0.717, 1.165) is 6.42 Å². The fourth-order valence-corrected chi connectivity index (χ4v) is 3.39. The van der Waals surface area contributed by atoms with Crippen molar-refractivity contribution in [3.63, 3.8) is 0 Å². The Morgan fingerprint density at radius 1 is 1.22 bits per heavy atom. The first-order chi connectivity index (χ1) is 8.65. The molecule has 0 aliphatic rings. The first-order valence-electron chi connectivity index (χ1n) is 6.48. The highest BCUT2D eigenvalue weighted by Gasteiger charge is 2.15. The van der Waals surface area contributed by atoms with Crippen LogP contribution >= 0.6 is 11.3 Å². The molecule has 1 aromatic heterocycles. The van der Waals surface area contributed by atoms with Crippen LogP contribution in [0.15, 0.2) is 30.3 Å². The molecule has 1 heterocycles. The third-order valence-corrected chi connectivity index (χ3v) is 4.67. The Labute approximate surface area is 114 Å². The molecule has 18 heavy (non-hydrogen) atoms. The largest absolute Gasteiger partial charge is 0.309 e. The Balaban J connectivity index is 2.38. The lowest BCUT2D eigenvalue weighted by molar-refractivity contribution is 0.702. The second kappa shape index (κ2) is 5.68. The molecule has 1 nitrogen and oxygen atoms in total. The normalized spacial score (nSPS) is 12.7. The van der Waals surface area contributed by atoms with Crippen molar-refractivity contribution >= 4 is 11.3 Å². The third-order valence-electron chi connectivity index (χ3n) is 3.45. The van der Waals surface area contributed by atoms with E-state index in [1.807, 2.05) is 18.4 Å². The molecule has 1 atom stereocenters. The van der Waals surface area contributed by atoms with Crippen LogP contribution in [-0.4, -0.2) is 7.05 Å². The minimum absolute atomic E-state index is 0.314. The van der Waals surface area contributed by atoms with Crippen molar-refractivity contribution in [1.82, 2.24) is 5.32 Å². The summed E-state index contributed by atoms with van der Waals surface area (Å²) < 4.78 is 0. The molecule has 1 unspecified atom stereocenters. The van der Waals surface area contributed by atoms with E-state index in [2.05, 4.69) is 56.4 Å². The number of hydrogen-bond acceptors (Lipinski definition) is 2. The van der Waals surface area contributed by atoms with Gasteiger partial charge in [-0.15, -0.1) is 11.3 Å². The highest BCUT2D eigenvalue weighted by Crippen LogP contribution is 2.30. The van der Waals surface area contributed by atoms with Gasteiger partial charge in [0.05, 0.1) is 6.04 Å². The zero-order valence-corrected chi connectivity index (χ0v) is 12.4. The van der Waals surface area contributed by atoms with Crippen molar-refractivity contribution in [3.8, 4) is 0 Å². The van der Waals surface area contributed by atoms with Crippen LogP contribution in [0.4, 0.5) is 0 Å². The van der Waals surface area contributed by atoms with Gasteiger partial charge in [-0.05, 0) is 50.1 Å². The average Bonchev–Trinajstić information content (AvgIpc) is 2.70.